The first-order valence-electron chi connectivity index (χ1n) is 9.18. The van der Waals surface area contributed by atoms with E-state index in [1.165, 1.54) is 25.3 Å². The summed E-state index contributed by atoms with van der Waals surface area (Å²) in [5, 5.41) is 0. The largest absolute Gasteiger partial charge is 0.451 e. The van der Waals surface area contributed by atoms with E-state index in [0.717, 1.165) is 42.7 Å². The van der Waals surface area contributed by atoms with Crippen molar-refractivity contribution >= 4 is 5.97 Å². The van der Waals surface area contributed by atoms with E-state index in [1.54, 1.807) is 13.0 Å². The molecule has 0 aromatic heterocycles. The van der Waals surface area contributed by atoms with Crippen LogP contribution in [0.3, 0.4) is 0 Å². The Balaban J connectivity index is 1.82. The number of rotatable bonds is 3. The Hall–Kier alpha value is -1.64. The van der Waals surface area contributed by atoms with Crippen LogP contribution in [0.1, 0.15) is 56.6 Å². The van der Waals surface area contributed by atoms with Crippen LogP contribution in [0.25, 0.3) is 0 Å². The van der Waals surface area contributed by atoms with E-state index in [9.17, 15) is 9.18 Å². The second kappa shape index (κ2) is 5.72. The zero-order valence-corrected chi connectivity index (χ0v) is 14.3. The van der Waals surface area contributed by atoms with Crippen LogP contribution in [-0.2, 0) is 21.6 Å². The summed E-state index contributed by atoms with van der Waals surface area (Å²) in [6, 6.07) is 5.27. The molecule has 24 heavy (non-hydrogen) atoms. The van der Waals surface area contributed by atoms with E-state index in [-0.39, 0.29) is 11.8 Å². The molecule has 128 valence electrons. The molecule has 2 saturated carbocycles. The van der Waals surface area contributed by atoms with Crippen LogP contribution >= 0.6 is 0 Å². The smallest absolute Gasteiger partial charge is 0.334 e. The van der Waals surface area contributed by atoms with Crippen molar-refractivity contribution in [2.24, 2.45) is 17.8 Å². The van der Waals surface area contributed by atoms with Crippen molar-refractivity contribution in [3.63, 3.8) is 0 Å². The van der Waals surface area contributed by atoms with E-state index in [2.05, 4.69) is 6.58 Å². The van der Waals surface area contributed by atoms with Gasteiger partial charge in [0.2, 0.25) is 0 Å². The number of hydrogen-bond donors (Lipinski definition) is 0. The Morgan fingerprint density at radius 2 is 2.17 bits per heavy atom. The predicted molar refractivity (Wildman–Crippen MR) is 90.9 cm³/mol. The van der Waals surface area contributed by atoms with Crippen molar-refractivity contribution in [1.82, 2.24) is 0 Å². The molecule has 3 heteroatoms. The SMILES string of the molecule is C=C(C)C(=O)OC1(C2CC3CCC2C3)CCCc2c(F)cccc21. The maximum Gasteiger partial charge on any atom is 0.334 e. The standard InChI is InChI=1S/C21H25FO2/c1-13(2)20(23)24-21(18-12-14-8-9-15(18)11-14)10-4-5-16-17(21)6-3-7-19(16)22/h3,6-7,14-15,18H,1,4-5,8-12H2,2H3. The average Bonchev–Trinajstić information content (AvgIpc) is 3.19. The highest BCUT2D eigenvalue weighted by Crippen LogP contribution is 2.59. The van der Waals surface area contributed by atoms with E-state index in [4.69, 9.17) is 4.74 Å². The topological polar surface area (TPSA) is 26.3 Å². The first-order chi connectivity index (χ1) is 11.5. The fraction of sp³-hybridized carbons (Fsp3) is 0.571. The molecule has 0 aliphatic heterocycles. The highest BCUT2D eigenvalue weighted by atomic mass is 19.1. The number of carbonyl (C=O) groups excluding carboxylic acids is 1. The normalized spacial score (nSPS) is 34.0. The lowest BCUT2D eigenvalue weighted by atomic mass is 9.66. The molecule has 0 N–H and O–H groups in total. The van der Waals surface area contributed by atoms with Crippen molar-refractivity contribution in [2.75, 3.05) is 0 Å². The second-order valence-electron chi connectivity index (χ2n) is 7.96. The maximum absolute atomic E-state index is 14.4. The summed E-state index contributed by atoms with van der Waals surface area (Å²) >= 11 is 0. The van der Waals surface area contributed by atoms with Gasteiger partial charge >= 0.3 is 5.97 Å². The molecule has 0 spiro atoms. The van der Waals surface area contributed by atoms with Gasteiger partial charge in [-0.2, -0.15) is 0 Å². The van der Waals surface area contributed by atoms with Crippen molar-refractivity contribution in [3.8, 4) is 0 Å². The molecule has 3 aliphatic rings. The number of hydrogen-bond acceptors (Lipinski definition) is 2. The fourth-order valence-electron chi connectivity index (χ4n) is 5.51. The Bertz CT molecular complexity index is 695. The van der Waals surface area contributed by atoms with Crippen molar-refractivity contribution in [3.05, 3.63) is 47.3 Å². The summed E-state index contributed by atoms with van der Waals surface area (Å²) in [4.78, 5) is 12.5. The monoisotopic (exact) mass is 328 g/mol. The summed E-state index contributed by atoms with van der Waals surface area (Å²) in [5.41, 5.74) is 1.42. The van der Waals surface area contributed by atoms with Crippen LogP contribution in [0.2, 0.25) is 0 Å². The van der Waals surface area contributed by atoms with E-state index in [0.29, 0.717) is 17.4 Å². The third kappa shape index (κ3) is 2.32. The van der Waals surface area contributed by atoms with Gasteiger partial charge in [-0.05, 0) is 68.9 Å². The molecule has 0 amide bonds. The summed E-state index contributed by atoms with van der Waals surface area (Å²) < 4.78 is 20.6. The molecule has 1 aromatic rings. The van der Waals surface area contributed by atoms with Crippen LogP contribution in [0.5, 0.6) is 0 Å². The molecule has 2 nitrogen and oxygen atoms in total. The molecule has 0 radical (unpaired) electrons. The van der Waals surface area contributed by atoms with E-state index >= 15 is 0 Å². The number of benzene rings is 1. The second-order valence-corrected chi connectivity index (χ2v) is 7.96. The first-order valence-corrected chi connectivity index (χ1v) is 9.18. The van der Waals surface area contributed by atoms with Crippen LogP contribution in [0.15, 0.2) is 30.4 Å². The van der Waals surface area contributed by atoms with Gasteiger partial charge in [-0.15, -0.1) is 0 Å². The number of halogens is 1. The molecule has 0 saturated heterocycles. The van der Waals surface area contributed by atoms with Crippen molar-refractivity contribution in [2.45, 2.75) is 57.5 Å². The molecule has 2 bridgehead atoms. The van der Waals surface area contributed by atoms with Crippen LogP contribution < -0.4 is 0 Å². The lowest BCUT2D eigenvalue weighted by Gasteiger charge is -2.46. The minimum Gasteiger partial charge on any atom is -0.451 e. The van der Waals surface area contributed by atoms with Gasteiger partial charge in [0.15, 0.2) is 0 Å². The van der Waals surface area contributed by atoms with Gasteiger partial charge in [0, 0.05) is 17.1 Å². The molecule has 4 rings (SSSR count). The Kier molecular flexibility index (Phi) is 3.78. The zero-order chi connectivity index (χ0) is 16.9. The third-order valence-corrected chi connectivity index (χ3v) is 6.51. The van der Waals surface area contributed by atoms with E-state index < -0.39 is 5.60 Å². The van der Waals surface area contributed by atoms with Crippen LogP contribution in [-0.4, -0.2) is 5.97 Å². The molecular formula is C21H25FO2. The molecule has 1 aromatic carbocycles. The maximum atomic E-state index is 14.4. The van der Waals surface area contributed by atoms with Gasteiger partial charge in [0.05, 0.1) is 0 Å². The summed E-state index contributed by atoms with van der Waals surface area (Å²) in [5.74, 6) is 1.17. The average molecular weight is 328 g/mol. The van der Waals surface area contributed by atoms with Gasteiger partial charge in [0.25, 0.3) is 0 Å². The number of fused-ring (bicyclic) bond motifs is 3. The Morgan fingerprint density at radius 3 is 2.83 bits per heavy atom. The quantitative estimate of drug-likeness (QED) is 0.582. The Labute approximate surface area is 143 Å². The highest BCUT2D eigenvalue weighted by Gasteiger charge is 2.55. The zero-order valence-electron chi connectivity index (χ0n) is 14.3. The third-order valence-electron chi connectivity index (χ3n) is 6.51. The lowest BCUT2D eigenvalue weighted by Crippen LogP contribution is -2.45. The molecule has 3 aliphatic carbocycles. The predicted octanol–water partition coefficient (Wildman–Crippen LogP) is 4.91. The van der Waals surface area contributed by atoms with E-state index in [1.807, 2.05) is 6.07 Å². The number of carbonyl (C=O) groups is 1. The van der Waals surface area contributed by atoms with Gasteiger partial charge < -0.3 is 4.74 Å². The van der Waals surface area contributed by atoms with Crippen LogP contribution in [0.4, 0.5) is 4.39 Å². The van der Waals surface area contributed by atoms with Crippen molar-refractivity contribution in [1.29, 1.82) is 0 Å². The minimum atomic E-state index is -0.661. The minimum absolute atomic E-state index is 0.161. The molecule has 4 unspecified atom stereocenters. The molecule has 2 fully saturated rings. The van der Waals surface area contributed by atoms with Gasteiger partial charge in [-0.1, -0.05) is 25.1 Å². The summed E-state index contributed by atoms with van der Waals surface area (Å²) in [6.45, 7) is 5.44. The molecule has 4 atom stereocenters. The first kappa shape index (κ1) is 15.9. The van der Waals surface area contributed by atoms with Gasteiger partial charge in [-0.25, -0.2) is 9.18 Å². The highest BCUT2D eigenvalue weighted by molar-refractivity contribution is 5.87. The lowest BCUT2D eigenvalue weighted by molar-refractivity contribution is -0.169. The molecular weight excluding hydrogens is 303 g/mol. The van der Waals surface area contributed by atoms with Crippen molar-refractivity contribution < 1.29 is 13.9 Å². The van der Waals surface area contributed by atoms with Gasteiger partial charge in [0.1, 0.15) is 11.4 Å². The number of ether oxygens (including phenoxy) is 1. The summed E-state index contributed by atoms with van der Waals surface area (Å²) in [7, 11) is 0. The van der Waals surface area contributed by atoms with Gasteiger partial charge in [-0.3, -0.25) is 0 Å². The summed E-state index contributed by atoms with van der Waals surface area (Å²) in [6.07, 6.45) is 7.25. The fourth-order valence-corrected chi connectivity index (χ4v) is 5.51. The number of esters is 1. The van der Waals surface area contributed by atoms with Crippen LogP contribution in [0, 0.1) is 23.6 Å². The molecule has 0 heterocycles. The Morgan fingerprint density at radius 1 is 1.33 bits per heavy atom.